The lowest BCUT2D eigenvalue weighted by Crippen LogP contribution is -2.42. The van der Waals surface area contributed by atoms with Gasteiger partial charge in [0, 0.05) is 12.1 Å². The zero-order valence-corrected chi connectivity index (χ0v) is 20.8. The van der Waals surface area contributed by atoms with Crippen molar-refractivity contribution in [3.8, 4) is 0 Å². The number of allylic oxidation sites excluding steroid dienone is 9. The topological polar surface area (TPSA) is 37.4 Å². The fourth-order valence-corrected chi connectivity index (χ4v) is 4.98. The number of hydrogen-bond donors (Lipinski definition) is 1. The Morgan fingerprint density at radius 2 is 1.71 bits per heavy atom. The average Bonchev–Trinajstić information content (AvgIpc) is 2.67. The largest absolute Gasteiger partial charge is 0.285 e. The molecule has 0 unspecified atom stereocenters. The molecule has 1 fully saturated rings. The monoisotopic (exact) mass is 441 g/mol. The zero-order chi connectivity index (χ0) is 23.0. The first kappa shape index (κ1) is 25.5. The van der Waals surface area contributed by atoms with Crippen LogP contribution in [0.25, 0.3) is 0 Å². The fraction of sp³-hybridized carbons (Fsp3) is 0.556. The summed E-state index contributed by atoms with van der Waals surface area (Å²) in [4.78, 5) is 25.9. The number of imide groups is 1. The molecule has 0 spiro atoms. The third kappa shape index (κ3) is 7.68. The lowest BCUT2D eigenvalue weighted by molar-refractivity contribution is -0.125. The second kappa shape index (κ2) is 11.7. The van der Waals surface area contributed by atoms with E-state index in [0.29, 0.717) is 0 Å². The molecule has 2 rings (SSSR count). The van der Waals surface area contributed by atoms with E-state index in [1.807, 2.05) is 25.2 Å². The van der Waals surface area contributed by atoms with Crippen molar-refractivity contribution in [2.24, 2.45) is 5.41 Å². The Bertz CT molecular complexity index is 820. The number of thiol groups is 1. The minimum absolute atomic E-state index is 0.0200. The number of nitrogens with zero attached hydrogens (tertiary/aromatic N) is 1. The number of carbonyl (C=O) groups is 2. The van der Waals surface area contributed by atoms with Gasteiger partial charge in [0.05, 0.1) is 0 Å². The Morgan fingerprint density at radius 1 is 1.03 bits per heavy atom. The molecule has 3 nitrogen and oxygen atoms in total. The van der Waals surface area contributed by atoms with Crippen LogP contribution in [-0.2, 0) is 4.79 Å². The van der Waals surface area contributed by atoms with Crippen molar-refractivity contribution in [2.45, 2.75) is 92.0 Å². The summed E-state index contributed by atoms with van der Waals surface area (Å²) in [7, 11) is 0. The number of carbonyl (C=O) groups excluding carboxylic acids is 2. The molecule has 170 valence electrons. The molecule has 0 heterocycles. The summed E-state index contributed by atoms with van der Waals surface area (Å²) in [6.45, 7) is 10.9. The first-order valence-corrected chi connectivity index (χ1v) is 12.0. The molecule has 0 aliphatic heterocycles. The molecule has 0 aromatic rings. The Kier molecular flexibility index (Phi) is 9.61. The summed E-state index contributed by atoms with van der Waals surface area (Å²) in [6, 6.07) is -0.0200. The van der Waals surface area contributed by atoms with Gasteiger partial charge in [0.25, 0.3) is 11.1 Å². The first-order chi connectivity index (χ1) is 14.6. The van der Waals surface area contributed by atoms with Gasteiger partial charge in [-0.3, -0.25) is 14.5 Å². The second-order valence-electron chi connectivity index (χ2n) is 9.71. The van der Waals surface area contributed by atoms with E-state index in [1.165, 1.54) is 47.8 Å². The number of hydrogen-bond acceptors (Lipinski definition) is 2. The molecule has 0 saturated heterocycles. The van der Waals surface area contributed by atoms with Gasteiger partial charge in [-0.1, -0.05) is 87.3 Å². The second-order valence-corrected chi connectivity index (χ2v) is 10.1. The summed E-state index contributed by atoms with van der Waals surface area (Å²) < 4.78 is 0. The Hall–Kier alpha value is -1.81. The molecule has 31 heavy (non-hydrogen) atoms. The van der Waals surface area contributed by atoms with Crippen molar-refractivity contribution in [1.29, 1.82) is 0 Å². The summed E-state index contributed by atoms with van der Waals surface area (Å²) in [6.07, 6.45) is 20.6. The van der Waals surface area contributed by atoms with Crippen molar-refractivity contribution in [3.05, 3.63) is 58.7 Å². The van der Waals surface area contributed by atoms with Crippen molar-refractivity contribution in [2.75, 3.05) is 0 Å². The maximum absolute atomic E-state index is 12.7. The minimum Gasteiger partial charge on any atom is -0.269 e. The van der Waals surface area contributed by atoms with Crippen LogP contribution in [0, 0.1) is 5.41 Å². The van der Waals surface area contributed by atoms with Crippen LogP contribution in [0.5, 0.6) is 0 Å². The summed E-state index contributed by atoms with van der Waals surface area (Å²) in [5, 5.41) is -0.457. The third-order valence-electron chi connectivity index (χ3n) is 6.51. The number of amides is 2. The molecular weight excluding hydrogens is 402 g/mol. The highest BCUT2D eigenvalue weighted by Gasteiger charge is 2.28. The highest BCUT2D eigenvalue weighted by Crippen LogP contribution is 2.40. The maximum Gasteiger partial charge on any atom is 0.285 e. The molecule has 0 radical (unpaired) electrons. The third-order valence-corrected chi connectivity index (χ3v) is 6.72. The van der Waals surface area contributed by atoms with Crippen LogP contribution in [0.3, 0.4) is 0 Å². The molecule has 2 aliphatic carbocycles. The Labute approximate surface area is 194 Å². The molecule has 1 saturated carbocycles. The van der Waals surface area contributed by atoms with Crippen LogP contribution < -0.4 is 0 Å². The van der Waals surface area contributed by atoms with Crippen LogP contribution in [-0.4, -0.2) is 22.1 Å². The molecule has 0 aromatic carbocycles. The lowest BCUT2D eigenvalue weighted by atomic mass is 9.72. The number of rotatable bonds is 6. The standard InChI is InChI=1S/C27H39NO2S/c1-20(16-17-24-22(3)13-10-18-27(24,4)5)11-9-12-21(2)19-25(29)28(26(30)31)23-14-7-6-8-15-23/h9,11-12,16-17,19,23H,6-8,10,13-15,18H2,1-5H3,(H,30,31)/b12-9+,17-16+,20-11+,21-19+. The molecular formula is C27H39NO2S. The molecule has 0 N–H and O–H groups in total. The van der Waals surface area contributed by atoms with Crippen molar-refractivity contribution < 1.29 is 9.59 Å². The molecule has 0 bridgehead atoms. The summed E-state index contributed by atoms with van der Waals surface area (Å²) >= 11 is 3.95. The zero-order valence-electron chi connectivity index (χ0n) is 19.9. The smallest absolute Gasteiger partial charge is 0.269 e. The fourth-order valence-electron chi connectivity index (χ4n) is 4.71. The highest BCUT2D eigenvalue weighted by atomic mass is 32.1. The Morgan fingerprint density at radius 3 is 2.32 bits per heavy atom. The maximum atomic E-state index is 12.7. The van der Waals surface area contributed by atoms with Gasteiger partial charge in [-0.2, -0.15) is 0 Å². The lowest BCUT2D eigenvalue weighted by Gasteiger charge is -2.32. The van der Waals surface area contributed by atoms with Gasteiger partial charge in [0.2, 0.25) is 0 Å². The van der Waals surface area contributed by atoms with E-state index in [1.54, 1.807) is 0 Å². The minimum atomic E-state index is -0.457. The van der Waals surface area contributed by atoms with Gasteiger partial charge >= 0.3 is 0 Å². The van der Waals surface area contributed by atoms with E-state index in [9.17, 15) is 9.59 Å². The van der Waals surface area contributed by atoms with E-state index in [2.05, 4.69) is 52.5 Å². The van der Waals surface area contributed by atoms with E-state index in [-0.39, 0.29) is 17.4 Å². The molecule has 2 aliphatic rings. The van der Waals surface area contributed by atoms with E-state index in [4.69, 9.17) is 0 Å². The Balaban J connectivity index is 2.03. The van der Waals surface area contributed by atoms with Crippen LogP contribution in [0.4, 0.5) is 4.79 Å². The van der Waals surface area contributed by atoms with Crippen LogP contribution >= 0.6 is 12.6 Å². The van der Waals surface area contributed by atoms with Gasteiger partial charge in [-0.15, -0.1) is 0 Å². The normalized spacial score (nSPS) is 21.2. The van der Waals surface area contributed by atoms with Gasteiger partial charge < -0.3 is 0 Å². The van der Waals surface area contributed by atoms with E-state index < -0.39 is 5.24 Å². The quantitative estimate of drug-likeness (QED) is 0.260. The van der Waals surface area contributed by atoms with Crippen molar-refractivity contribution in [1.82, 2.24) is 4.90 Å². The van der Waals surface area contributed by atoms with Crippen molar-refractivity contribution >= 4 is 23.8 Å². The van der Waals surface area contributed by atoms with Gasteiger partial charge in [-0.05, 0) is 69.4 Å². The van der Waals surface area contributed by atoms with E-state index in [0.717, 1.165) is 36.8 Å². The first-order valence-electron chi connectivity index (χ1n) is 11.6. The van der Waals surface area contributed by atoms with Crippen LogP contribution in [0.2, 0.25) is 0 Å². The summed E-state index contributed by atoms with van der Waals surface area (Å²) in [5.74, 6) is -0.267. The molecule has 4 heteroatoms. The molecule has 0 aromatic heterocycles. The SMILES string of the molecule is CC1=C(/C=C/C(C)=C/C=C/C(C)=C/C(=O)N(C(=O)S)C2CCCCC2)C(C)(C)CCC1. The predicted octanol–water partition coefficient (Wildman–Crippen LogP) is 7.73. The van der Waals surface area contributed by atoms with Crippen LogP contribution in [0.15, 0.2) is 58.7 Å². The van der Waals surface area contributed by atoms with Crippen LogP contribution in [0.1, 0.15) is 86.0 Å². The van der Waals surface area contributed by atoms with E-state index >= 15 is 0 Å². The summed E-state index contributed by atoms with van der Waals surface area (Å²) in [5.41, 5.74) is 5.17. The van der Waals surface area contributed by atoms with Gasteiger partial charge in [-0.25, -0.2) is 0 Å². The predicted molar refractivity (Wildman–Crippen MR) is 134 cm³/mol. The molecule has 2 amide bonds. The molecule has 0 atom stereocenters. The van der Waals surface area contributed by atoms with Crippen molar-refractivity contribution in [3.63, 3.8) is 0 Å². The van der Waals surface area contributed by atoms with Gasteiger partial charge in [0.1, 0.15) is 0 Å². The average molecular weight is 442 g/mol. The highest BCUT2D eigenvalue weighted by molar-refractivity contribution is 7.96. The van der Waals surface area contributed by atoms with Gasteiger partial charge in [0.15, 0.2) is 0 Å².